The Kier molecular flexibility index (Phi) is 3.53. The standard InChI is InChI=1S/C12H13ClFN3O2/c1-17-9(15)5-8(16-17)6-4-7(13)12(19-3)10(14)11(6)18-2/h4-5H,15H2,1-3H3. The molecule has 0 atom stereocenters. The molecule has 0 aliphatic carbocycles. The van der Waals surface area contributed by atoms with E-state index in [2.05, 4.69) is 5.10 Å². The summed E-state index contributed by atoms with van der Waals surface area (Å²) < 4.78 is 25.6. The van der Waals surface area contributed by atoms with Crippen molar-refractivity contribution in [1.29, 1.82) is 0 Å². The van der Waals surface area contributed by atoms with E-state index in [1.165, 1.54) is 25.0 Å². The Morgan fingerprint density at radius 3 is 2.37 bits per heavy atom. The number of nitrogens with zero attached hydrogens (tertiary/aromatic N) is 2. The van der Waals surface area contributed by atoms with Gasteiger partial charge in [-0.15, -0.1) is 0 Å². The van der Waals surface area contributed by atoms with E-state index < -0.39 is 5.82 Å². The van der Waals surface area contributed by atoms with Gasteiger partial charge in [-0.3, -0.25) is 4.68 Å². The minimum Gasteiger partial charge on any atom is -0.493 e. The van der Waals surface area contributed by atoms with Crippen LogP contribution in [0.25, 0.3) is 11.3 Å². The lowest BCUT2D eigenvalue weighted by molar-refractivity contribution is 0.351. The molecule has 0 saturated heterocycles. The molecule has 1 aromatic carbocycles. The number of aryl methyl sites for hydroxylation is 1. The number of anilines is 1. The first-order valence-electron chi connectivity index (χ1n) is 5.39. The van der Waals surface area contributed by atoms with Crippen LogP contribution in [0.15, 0.2) is 12.1 Å². The van der Waals surface area contributed by atoms with Gasteiger partial charge in [0.25, 0.3) is 0 Å². The van der Waals surface area contributed by atoms with Crippen LogP contribution in [0, 0.1) is 5.82 Å². The predicted molar refractivity (Wildman–Crippen MR) is 71.1 cm³/mol. The Labute approximate surface area is 114 Å². The lowest BCUT2D eigenvalue weighted by atomic mass is 10.1. The van der Waals surface area contributed by atoms with Gasteiger partial charge in [0.2, 0.25) is 5.82 Å². The van der Waals surface area contributed by atoms with Crippen molar-refractivity contribution in [1.82, 2.24) is 9.78 Å². The molecule has 0 amide bonds. The fourth-order valence-corrected chi connectivity index (χ4v) is 2.04. The molecule has 2 aromatic rings. The monoisotopic (exact) mass is 285 g/mol. The third-order valence-electron chi connectivity index (χ3n) is 2.73. The number of halogens is 2. The van der Waals surface area contributed by atoms with Crippen molar-refractivity contribution in [2.45, 2.75) is 0 Å². The number of hydrogen-bond acceptors (Lipinski definition) is 4. The molecule has 0 radical (unpaired) electrons. The van der Waals surface area contributed by atoms with Crippen molar-refractivity contribution in [2.24, 2.45) is 7.05 Å². The molecule has 0 aliphatic rings. The molecule has 5 nitrogen and oxygen atoms in total. The fourth-order valence-electron chi connectivity index (χ4n) is 1.77. The second-order valence-corrected chi connectivity index (χ2v) is 4.27. The maximum atomic E-state index is 14.2. The summed E-state index contributed by atoms with van der Waals surface area (Å²) in [7, 11) is 4.39. The van der Waals surface area contributed by atoms with Crippen molar-refractivity contribution in [2.75, 3.05) is 20.0 Å². The zero-order chi connectivity index (χ0) is 14.2. The molecule has 102 valence electrons. The Morgan fingerprint density at radius 1 is 1.26 bits per heavy atom. The summed E-state index contributed by atoms with van der Waals surface area (Å²) in [4.78, 5) is 0. The van der Waals surface area contributed by atoms with E-state index in [4.69, 9.17) is 26.8 Å². The van der Waals surface area contributed by atoms with E-state index in [-0.39, 0.29) is 16.5 Å². The zero-order valence-electron chi connectivity index (χ0n) is 10.7. The van der Waals surface area contributed by atoms with E-state index in [1.54, 1.807) is 13.1 Å². The minimum atomic E-state index is -0.670. The van der Waals surface area contributed by atoms with Crippen molar-refractivity contribution in [3.63, 3.8) is 0 Å². The normalized spacial score (nSPS) is 10.6. The van der Waals surface area contributed by atoms with Gasteiger partial charge in [-0.2, -0.15) is 9.49 Å². The largest absolute Gasteiger partial charge is 0.493 e. The quantitative estimate of drug-likeness (QED) is 0.941. The van der Waals surface area contributed by atoms with Crippen molar-refractivity contribution in [3.05, 3.63) is 23.0 Å². The molecular weight excluding hydrogens is 273 g/mol. The van der Waals surface area contributed by atoms with Crippen LogP contribution in [-0.2, 0) is 7.05 Å². The molecule has 2 N–H and O–H groups in total. The zero-order valence-corrected chi connectivity index (χ0v) is 11.5. The van der Waals surface area contributed by atoms with Gasteiger partial charge in [-0.1, -0.05) is 11.6 Å². The first-order chi connectivity index (χ1) is 8.99. The molecule has 0 fully saturated rings. The van der Waals surface area contributed by atoms with E-state index >= 15 is 0 Å². The summed E-state index contributed by atoms with van der Waals surface area (Å²) >= 11 is 5.97. The number of benzene rings is 1. The van der Waals surface area contributed by atoms with Gasteiger partial charge in [0.05, 0.1) is 24.9 Å². The molecule has 1 heterocycles. The highest BCUT2D eigenvalue weighted by Gasteiger charge is 2.21. The van der Waals surface area contributed by atoms with Crippen LogP contribution in [0.4, 0.5) is 10.2 Å². The van der Waals surface area contributed by atoms with E-state index in [9.17, 15) is 4.39 Å². The van der Waals surface area contributed by atoms with Crippen molar-refractivity contribution in [3.8, 4) is 22.8 Å². The summed E-state index contributed by atoms with van der Waals surface area (Å²) in [6.45, 7) is 0. The predicted octanol–water partition coefficient (Wildman–Crippen LogP) is 2.48. The summed E-state index contributed by atoms with van der Waals surface area (Å²) in [6.07, 6.45) is 0. The number of rotatable bonds is 3. The molecule has 7 heteroatoms. The number of nitrogen functional groups attached to an aromatic ring is 1. The highest BCUT2D eigenvalue weighted by atomic mass is 35.5. The van der Waals surface area contributed by atoms with Gasteiger partial charge in [-0.25, -0.2) is 0 Å². The minimum absolute atomic E-state index is 0.0133. The molecule has 0 unspecified atom stereocenters. The van der Waals surface area contributed by atoms with Crippen LogP contribution in [0.5, 0.6) is 11.5 Å². The molecule has 0 aliphatic heterocycles. The maximum Gasteiger partial charge on any atom is 0.209 e. The molecular formula is C12H13ClFN3O2. The van der Waals surface area contributed by atoms with E-state index in [0.717, 1.165) is 0 Å². The summed E-state index contributed by atoms with van der Waals surface area (Å²) in [5.74, 6) is -0.272. The molecule has 0 saturated carbocycles. The lowest BCUT2D eigenvalue weighted by Crippen LogP contribution is -1.98. The van der Waals surface area contributed by atoms with Crippen molar-refractivity contribution < 1.29 is 13.9 Å². The maximum absolute atomic E-state index is 14.2. The van der Waals surface area contributed by atoms with Gasteiger partial charge in [-0.05, 0) is 6.07 Å². The van der Waals surface area contributed by atoms with Crippen LogP contribution < -0.4 is 15.2 Å². The van der Waals surface area contributed by atoms with Crippen LogP contribution >= 0.6 is 11.6 Å². The van der Waals surface area contributed by atoms with Crippen molar-refractivity contribution >= 4 is 17.4 Å². The SMILES string of the molecule is COc1c(Cl)cc(-c2cc(N)n(C)n2)c(OC)c1F. The summed E-state index contributed by atoms with van der Waals surface area (Å²) in [5.41, 5.74) is 6.60. The molecule has 0 spiro atoms. The second-order valence-electron chi connectivity index (χ2n) is 3.86. The van der Waals surface area contributed by atoms with Gasteiger partial charge in [0.1, 0.15) is 5.82 Å². The highest BCUT2D eigenvalue weighted by Crippen LogP contribution is 2.41. The first-order valence-corrected chi connectivity index (χ1v) is 5.77. The summed E-state index contributed by atoms with van der Waals surface area (Å²) in [6, 6.07) is 3.14. The molecule has 2 rings (SSSR count). The molecule has 19 heavy (non-hydrogen) atoms. The topological polar surface area (TPSA) is 62.3 Å². The fraction of sp³-hybridized carbons (Fsp3) is 0.250. The Morgan fingerprint density at radius 2 is 1.89 bits per heavy atom. The Bertz CT molecular complexity index is 608. The number of ether oxygens (including phenoxy) is 2. The van der Waals surface area contributed by atoms with E-state index in [1.807, 2.05) is 0 Å². The number of methoxy groups -OCH3 is 2. The van der Waals surface area contributed by atoms with Gasteiger partial charge < -0.3 is 15.2 Å². The van der Waals surface area contributed by atoms with Crippen LogP contribution in [0.3, 0.4) is 0 Å². The number of nitrogens with two attached hydrogens (primary N) is 1. The van der Waals surface area contributed by atoms with Gasteiger partial charge in [0.15, 0.2) is 11.5 Å². The van der Waals surface area contributed by atoms with Crippen LogP contribution in [0.2, 0.25) is 5.02 Å². The second kappa shape index (κ2) is 4.97. The Balaban J connectivity index is 2.69. The van der Waals surface area contributed by atoms with Crippen LogP contribution in [-0.4, -0.2) is 24.0 Å². The molecule has 1 aromatic heterocycles. The third-order valence-corrected chi connectivity index (χ3v) is 3.01. The molecule has 0 bridgehead atoms. The average Bonchev–Trinajstić information content (AvgIpc) is 2.69. The third kappa shape index (κ3) is 2.19. The summed E-state index contributed by atoms with van der Waals surface area (Å²) in [5, 5.41) is 4.31. The van der Waals surface area contributed by atoms with Gasteiger partial charge in [0, 0.05) is 18.7 Å². The number of aromatic nitrogens is 2. The smallest absolute Gasteiger partial charge is 0.209 e. The first kappa shape index (κ1) is 13.5. The van der Waals surface area contributed by atoms with E-state index in [0.29, 0.717) is 17.1 Å². The Hall–Kier alpha value is -1.95. The lowest BCUT2D eigenvalue weighted by Gasteiger charge is -2.12. The average molecular weight is 286 g/mol. The van der Waals surface area contributed by atoms with Crippen LogP contribution in [0.1, 0.15) is 0 Å². The highest BCUT2D eigenvalue weighted by molar-refractivity contribution is 6.32. The van der Waals surface area contributed by atoms with Gasteiger partial charge >= 0.3 is 0 Å². The number of hydrogen-bond donors (Lipinski definition) is 1.